The Kier molecular flexibility index (Phi) is 6.54. The van der Waals surface area contributed by atoms with E-state index in [1.807, 2.05) is 6.92 Å². The Hall–Kier alpha value is -1.74. The normalized spacial score (nSPS) is 16.2. The third-order valence-electron chi connectivity index (χ3n) is 4.91. The van der Waals surface area contributed by atoms with Crippen LogP contribution in [0.1, 0.15) is 30.4 Å². The smallest absolute Gasteiger partial charge is 0.211 e. The molecule has 0 radical (unpaired) electrons. The van der Waals surface area contributed by atoms with E-state index in [0.29, 0.717) is 24.4 Å². The van der Waals surface area contributed by atoms with Crippen LogP contribution in [-0.2, 0) is 26.5 Å². The quantitative estimate of drug-likeness (QED) is 0.744. The summed E-state index contributed by atoms with van der Waals surface area (Å²) in [5, 5.41) is 0. The molecule has 0 aliphatic carbocycles. The number of nitrogens with one attached hydrogen (secondary N) is 1. The first-order valence-corrected chi connectivity index (χ1v) is 12.4. The van der Waals surface area contributed by atoms with Gasteiger partial charge in [0.1, 0.15) is 0 Å². The summed E-state index contributed by atoms with van der Waals surface area (Å²) in [5.41, 5.74) is 1.88. The molecule has 1 aliphatic rings. The molecule has 1 fully saturated rings. The number of benzene rings is 2. The van der Waals surface area contributed by atoms with Crippen LogP contribution in [0, 0.1) is 6.92 Å². The predicted molar refractivity (Wildman–Crippen MR) is 109 cm³/mol. The Balaban J connectivity index is 1.59. The van der Waals surface area contributed by atoms with Crippen molar-refractivity contribution >= 4 is 20.0 Å². The van der Waals surface area contributed by atoms with E-state index in [4.69, 9.17) is 0 Å². The summed E-state index contributed by atoms with van der Waals surface area (Å²) in [7, 11) is -6.99. The standard InChI is InChI=1S/C20H26N2O4S2/c1-17-5-9-19(10-6-17)27(23,24)21-14-13-18-7-11-20(12-8-18)28(25,26)22-15-3-2-4-16-22/h5-12,21H,2-4,13-16H2,1H3. The number of piperidine rings is 1. The van der Waals surface area contributed by atoms with Gasteiger partial charge in [-0.05, 0) is 56.0 Å². The molecule has 2 aromatic carbocycles. The molecule has 0 aromatic heterocycles. The van der Waals surface area contributed by atoms with Gasteiger partial charge in [0.15, 0.2) is 0 Å². The highest BCUT2D eigenvalue weighted by Crippen LogP contribution is 2.21. The van der Waals surface area contributed by atoms with Crippen molar-refractivity contribution in [3.05, 3.63) is 59.7 Å². The van der Waals surface area contributed by atoms with Gasteiger partial charge in [-0.25, -0.2) is 21.6 Å². The second kappa shape index (κ2) is 8.73. The van der Waals surface area contributed by atoms with Gasteiger partial charge >= 0.3 is 0 Å². The average Bonchev–Trinajstić information content (AvgIpc) is 2.69. The minimum Gasteiger partial charge on any atom is -0.211 e. The molecule has 1 N–H and O–H groups in total. The van der Waals surface area contributed by atoms with E-state index in [2.05, 4.69) is 4.72 Å². The zero-order chi connectivity index (χ0) is 20.2. The summed E-state index contributed by atoms with van der Waals surface area (Å²) in [4.78, 5) is 0.527. The lowest BCUT2D eigenvalue weighted by atomic mass is 10.2. The summed E-state index contributed by atoms with van der Waals surface area (Å²) < 4.78 is 54.0. The number of aryl methyl sites for hydroxylation is 1. The van der Waals surface area contributed by atoms with E-state index in [0.717, 1.165) is 30.4 Å². The fourth-order valence-electron chi connectivity index (χ4n) is 3.21. The van der Waals surface area contributed by atoms with Crippen LogP contribution < -0.4 is 4.72 Å². The van der Waals surface area contributed by atoms with Crippen LogP contribution in [-0.4, -0.2) is 40.8 Å². The van der Waals surface area contributed by atoms with Crippen LogP contribution in [0.15, 0.2) is 58.3 Å². The molecule has 0 spiro atoms. The van der Waals surface area contributed by atoms with Gasteiger partial charge in [-0.15, -0.1) is 0 Å². The molecule has 0 amide bonds. The maximum Gasteiger partial charge on any atom is 0.243 e. The van der Waals surface area contributed by atoms with E-state index < -0.39 is 20.0 Å². The molecule has 6 nitrogen and oxygen atoms in total. The lowest BCUT2D eigenvalue weighted by Gasteiger charge is -2.25. The Bertz CT molecular complexity index is 993. The van der Waals surface area contributed by atoms with E-state index in [9.17, 15) is 16.8 Å². The summed E-state index contributed by atoms with van der Waals surface area (Å²) >= 11 is 0. The molecular formula is C20H26N2O4S2. The minimum absolute atomic E-state index is 0.237. The maximum atomic E-state index is 12.7. The van der Waals surface area contributed by atoms with Crippen LogP contribution in [0.5, 0.6) is 0 Å². The minimum atomic E-state index is -3.55. The first-order chi connectivity index (χ1) is 13.3. The van der Waals surface area contributed by atoms with Gasteiger partial charge in [0.25, 0.3) is 0 Å². The predicted octanol–water partition coefficient (Wildman–Crippen LogP) is 2.69. The van der Waals surface area contributed by atoms with Crippen molar-refractivity contribution in [2.24, 2.45) is 0 Å². The number of nitrogens with zero attached hydrogens (tertiary/aromatic N) is 1. The Labute approximate surface area is 167 Å². The van der Waals surface area contributed by atoms with Crippen molar-refractivity contribution in [3.8, 4) is 0 Å². The molecule has 2 aromatic rings. The summed E-state index contributed by atoms with van der Waals surface area (Å²) in [6.07, 6.45) is 3.36. The molecule has 1 heterocycles. The van der Waals surface area contributed by atoms with Gasteiger partial charge in [0.2, 0.25) is 20.0 Å². The van der Waals surface area contributed by atoms with Gasteiger partial charge in [-0.2, -0.15) is 4.31 Å². The maximum absolute atomic E-state index is 12.7. The first-order valence-electron chi connectivity index (χ1n) is 9.44. The zero-order valence-corrected chi connectivity index (χ0v) is 17.6. The fourth-order valence-corrected chi connectivity index (χ4v) is 5.76. The summed E-state index contributed by atoms with van der Waals surface area (Å²) in [6.45, 7) is 3.29. The average molecular weight is 423 g/mol. The number of sulfonamides is 2. The molecule has 1 saturated heterocycles. The lowest BCUT2D eigenvalue weighted by molar-refractivity contribution is 0.346. The van der Waals surface area contributed by atoms with E-state index in [-0.39, 0.29) is 11.4 Å². The Morgan fingerprint density at radius 2 is 1.39 bits per heavy atom. The molecular weight excluding hydrogens is 396 g/mol. The third-order valence-corrected chi connectivity index (χ3v) is 8.30. The zero-order valence-electron chi connectivity index (χ0n) is 16.0. The van der Waals surface area contributed by atoms with E-state index in [1.165, 1.54) is 0 Å². The van der Waals surface area contributed by atoms with Crippen LogP contribution in [0.4, 0.5) is 0 Å². The van der Waals surface area contributed by atoms with Crippen LogP contribution >= 0.6 is 0 Å². The lowest BCUT2D eigenvalue weighted by Crippen LogP contribution is -2.35. The molecule has 8 heteroatoms. The molecule has 0 unspecified atom stereocenters. The highest BCUT2D eigenvalue weighted by Gasteiger charge is 2.25. The Morgan fingerprint density at radius 1 is 0.821 bits per heavy atom. The van der Waals surface area contributed by atoms with E-state index >= 15 is 0 Å². The number of hydrogen-bond donors (Lipinski definition) is 1. The molecule has 152 valence electrons. The van der Waals surface area contributed by atoms with Crippen molar-refractivity contribution in [3.63, 3.8) is 0 Å². The molecule has 28 heavy (non-hydrogen) atoms. The summed E-state index contributed by atoms with van der Waals surface area (Å²) in [5.74, 6) is 0. The monoisotopic (exact) mass is 422 g/mol. The SMILES string of the molecule is Cc1ccc(S(=O)(=O)NCCc2ccc(S(=O)(=O)N3CCCCC3)cc2)cc1. The Morgan fingerprint density at radius 3 is 2.00 bits per heavy atom. The fraction of sp³-hybridized carbons (Fsp3) is 0.400. The van der Waals surface area contributed by atoms with Crippen LogP contribution in [0.2, 0.25) is 0 Å². The third kappa shape index (κ3) is 5.00. The molecule has 0 atom stereocenters. The number of rotatable bonds is 7. The van der Waals surface area contributed by atoms with Crippen molar-refractivity contribution < 1.29 is 16.8 Å². The topological polar surface area (TPSA) is 83.5 Å². The van der Waals surface area contributed by atoms with Crippen molar-refractivity contribution in [1.29, 1.82) is 0 Å². The molecule has 1 aliphatic heterocycles. The van der Waals surface area contributed by atoms with Crippen LogP contribution in [0.25, 0.3) is 0 Å². The largest absolute Gasteiger partial charge is 0.243 e. The van der Waals surface area contributed by atoms with E-state index in [1.54, 1.807) is 52.8 Å². The van der Waals surface area contributed by atoms with Crippen molar-refractivity contribution in [2.75, 3.05) is 19.6 Å². The second-order valence-electron chi connectivity index (χ2n) is 7.07. The second-order valence-corrected chi connectivity index (χ2v) is 10.8. The van der Waals surface area contributed by atoms with Gasteiger partial charge < -0.3 is 0 Å². The van der Waals surface area contributed by atoms with Crippen molar-refractivity contribution in [1.82, 2.24) is 9.03 Å². The first kappa shape index (κ1) is 21.0. The van der Waals surface area contributed by atoms with Crippen LogP contribution in [0.3, 0.4) is 0 Å². The van der Waals surface area contributed by atoms with Gasteiger partial charge in [0.05, 0.1) is 9.79 Å². The van der Waals surface area contributed by atoms with Gasteiger partial charge in [-0.1, -0.05) is 36.2 Å². The number of hydrogen-bond acceptors (Lipinski definition) is 4. The molecule has 3 rings (SSSR count). The summed E-state index contributed by atoms with van der Waals surface area (Å²) in [6, 6.07) is 13.4. The van der Waals surface area contributed by atoms with Crippen molar-refractivity contribution in [2.45, 2.75) is 42.4 Å². The van der Waals surface area contributed by atoms with Gasteiger partial charge in [0, 0.05) is 19.6 Å². The highest BCUT2D eigenvalue weighted by molar-refractivity contribution is 7.89. The molecule has 0 saturated carbocycles. The highest BCUT2D eigenvalue weighted by atomic mass is 32.2. The molecule has 0 bridgehead atoms. The van der Waals surface area contributed by atoms with Gasteiger partial charge in [-0.3, -0.25) is 0 Å².